The van der Waals surface area contributed by atoms with Crippen LogP contribution >= 0.6 is 11.8 Å². The second-order valence-corrected chi connectivity index (χ2v) is 8.41. The molecule has 0 aromatic heterocycles. The van der Waals surface area contributed by atoms with Crippen LogP contribution in [0.5, 0.6) is 0 Å². The number of hydrogen-bond donors (Lipinski definition) is 1. The molecule has 2 saturated heterocycles. The smallest absolute Gasteiger partial charge is 0.294 e. The Morgan fingerprint density at radius 1 is 1.10 bits per heavy atom. The van der Waals surface area contributed by atoms with Gasteiger partial charge in [-0.1, -0.05) is 24.3 Å². The van der Waals surface area contributed by atoms with Gasteiger partial charge in [0.1, 0.15) is 6.54 Å². The number of anilines is 2. The number of nitrogens with one attached hydrogen (secondary N) is 1. The first-order valence-electron chi connectivity index (χ1n) is 9.97. The highest BCUT2D eigenvalue weighted by Crippen LogP contribution is 2.33. The number of amides is 3. The molecule has 0 aliphatic carbocycles. The van der Waals surface area contributed by atoms with Crippen LogP contribution in [-0.4, -0.2) is 41.6 Å². The molecule has 2 fully saturated rings. The maximum Gasteiger partial charge on any atom is 0.294 e. The Morgan fingerprint density at radius 2 is 1.83 bits per heavy atom. The van der Waals surface area contributed by atoms with Crippen molar-refractivity contribution in [3.63, 3.8) is 0 Å². The molecule has 2 aromatic carbocycles. The van der Waals surface area contributed by atoms with Gasteiger partial charge in [0.15, 0.2) is 0 Å². The van der Waals surface area contributed by atoms with Crippen molar-refractivity contribution in [2.45, 2.75) is 19.8 Å². The predicted molar refractivity (Wildman–Crippen MR) is 120 cm³/mol. The van der Waals surface area contributed by atoms with Crippen molar-refractivity contribution >= 4 is 46.3 Å². The molecule has 2 heterocycles. The fraction of sp³-hybridized carbons (Fsp3) is 0.261. The molecule has 6 nitrogen and oxygen atoms in total. The lowest BCUT2D eigenvalue weighted by molar-refractivity contribution is -0.127. The molecular weight excluding hydrogens is 398 g/mol. The number of imide groups is 1. The van der Waals surface area contributed by atoms with Gasteiger partial charge >= 0.3 is 0 Å². The zero-order valence-electron chi connectivity index (χ0n) is 16.8. The second-order valence-electron chi connectivity index (χ2n) is 7.42. The number of aryl methyl sites for hydroxylation is 1. The van der Waals surface area contributed by atoms with Crippen LogP contribution in [-0.2, 0) is 9.59 Å². The summed E-state index contributed by atoms with van der Waals surface area (Å²) in [6, 6.07) is 15.1. The molecule has 3 amide bonds. The molecule has 30 heavy (non-hydrogen) atoms. The summed E-state index contributed by atoms with van der Waals surface area (Å²) in [4.78, 5) is 41.0. The molecule has 2 aliphatic rings. The maximum atomic E-state index is 12.7. The summed E-state index contributed by atoms with van der Waals surface area (Å²) in [6.07, 6.45) is 4.17. The monoisotopic (exact) mass is 421 g/mol. The minimum atomic E-state index is -0.434. The number of carbonyl (C=O) groups is 3. The number of carbonyl (C=O) groups excluding carboxylic acids is 3. The SMILES string of the molecule is Cc1cc(N2CCCC2)ccc1/C=C1\SC(=O)N(CC(=O)Nc2ccccc2)C1=O. The van der Waals surface area contributed by atoms with E-state index in [-0.39, 0.29) is 6.54 Å². The molecule has 2 aromatic rings. The molecule has 2 aliphatic heterocycles. The molecule has 0 saturated carbocycles. The summed E-state index contributed by atoms with van der Waals surface area (Å²) >= 11 is 0.871. The van der Waals surface area contributed by atoms with E-state index in [1.165, 1.54) is 18.5 Å². The molecule has 4 rings (SSSR count). The standard InChI is InChI=1S/C23H23N3O3S/c1-16-13-19(25-11-5-6-12-25)10-9-17(16)14-20-22(28)26(23(29)30-20)15-21(27)24-18-7-3-2-4-8-18/h2-4,7-10,13-14H,5-6,11-12,15H2,1H3,(H,24,27)/b20-14-. The predicted octanol–water partition coefficient (Wildman–Crippen LogP) is 4.27. The van der Waals surface area contributed by atoms with E-state index in [1.807, 2.05) is 19.1 Å². The molecule has 0 bridgehead atoms. The van der Waals surface area contributed by atoms with E-state index in [9.17, 15) is 14.4 Å². The van der Waals surface area contributed by atoms with Crippen molar-refractivity contribution in [3.8, 4) is 0 Å². The first-order chi connectivity index (χ1) is 14.5. The Hall–Kier alpha value is -3.06. The van der Waals surface area contributed by atoms with Gasteiger partial charge in [-0.05, 0) is 73.0 Å². The average Bonchev–Trinajstić information content (AvgIpc) is 3.35. The lowest BCUT2D eigenvalue weighted by Crippen LogP contribution is -2.36. The largest absolute Gasteiger partial charge is 0.372 e. The lowest BCUT2D eigenvalue weighted by Gasteiger charge is -2.18. The number of thioether (sulfide) groups is 1. The summed E-state index contributed by atoms with van der Waals surface area (Å²) in [5.74, 6) is -0.841. The highest BCUT2D eigenvalue weighted by molar-refractivity contribution is 8.18. The van der Waals surface area contributed by atoms with Gasteiger partial charge in [0.25, 0.3) is 11.1 Å². The Labute approximate surface area is 179 Å². The maximum absolute atomic E-state index is 12.7. The van der Waals surface area contributed by atoms with Gasteiger partial charge in [-0.3, -0.25) is 19.3 Å². The van der Waals surface area contributed by atoms with E-state index in [2.05, 4.69) is 22.3 Å². The summed E-state index contributed by atoms with van der Waals surface area (Å²) in [6.45, 7) is 3.85. The molecule has 154 valence electrons. The fourth-order valence-corrected chi connectivity index (χ4v) is 4.47. The topological polar surface area (TPSA) is 69.7 Å². The molecule has 0 atom stereocenters. The number of nitrogens with zero attached hydrogens (tertiary/aromatic N) is 2. The zero-order valence-corrected chi connectivity index (χ0v) is 17.6. The van der Waals surface area contributed by atoms with Crippen LogP contribution in [0.25, 0.3) is 6.08 Å². The molecule has 0 radical (unpaired) electrons. The first kappa shape index (κ1) is 20.2. The van der Waals surface area contributed by atoms with Gasteiger partial charge < -0.3 is 10.2 Å². The number of benzene rings is 2. The van der Waals surface area contributed by atoms with E-state index in [0.717, 1.165) is 40.9 Å². The Morgan fingerprint density at radius 3 is 2.53 bits per heavy atom. The molecule has 7 heteroatoms. The van der Waals surface area contributed by atoms with E-state index in [4.69, 9.17) is 0 Å². The quantitative estimate of drug-likeness (QED) is 0.730. The molecule has 0 spiro atoms. The van der Waals surface area contributed by atoms with Gasteiger partial charge in [-0.2, -0.15) is 0 Å². The average molecular weight is 422 g/mol. The highest BCUT2D eigenvalue weighted by Gasteiger charge is 2.36. The van der Waals surface area contributed by atoms with Crippen LogP contribution in [0.3, 0.4) is 0 Å². The Bertz CT molecular complexity index is 1010. The van der Waals surface area contributed by atoms with Gasteiger partial charge in [0, 0.05) is 24.5 Å². The van der Waals surface area contributed by atoms with Crippen LogP contribution in [0.15, 0.2) is 53.4 Å². The number of hydrogen-bond acceptors (Lipinski definition) is 5. The zero-order chi connectivity index (χ0) is 21.1. The van der Waals surface area contributed by atoms with Crippen molar-refractivity contribution < 1.29 is 14.4 Å². The third-order valence-electron chi connectivity index (χ3n) is 5.24. The Balaban J connectivity index is 1.45. The van der Waals surface area contributed by atoms with Crippen molar-refractivity contribution in [2.75, 3.05) is 29.9 Å². The minimum Gasteiger partial charge on any atom is -0.372 e. The van der Waals surface area contributed by atoms with E-state index >= 15 is 0 Å². The summed E-state index contributed by atoms with van der Waals surface area (Å²) in [5.41, 5.74) is 3.76. The first-order valence-corrected chi connectivity index (χ1v) is 10.8. The minimum absolute atomic E-state index is 0.302. The van der Waals surface area contributed by atoms with Crippen LogP contribution < -0.4 is 10.2 Å². The van der Waals surface area contributed by atoms with Crippen molar-refractivity contribution in [3.05, 3.63) is 64.6 Å². The van der Waals surface area contributed by atoms with Crippen LogP contribution in [0.2, 0.25) is 0 Å². The molecule has 1 N–H and O–H groups in total. The Kier molecular flexibility index (Phi) is 5.90. The molecular formula is C23H23N3O3S. The van der Waals surface area contributed by atoms with E-state index in [0.29, 0.717) is 10.6 Å². The van der Waals surface area contributed by atoms with Crippen molar-refractivity contribution in [1.29, 1.82) is 0 Å². The summed E-state index contributed by atoms with van der Waals surface area (Å²) < 4.78 is 0. The summed E-state index contributed by atoms with van der Waals surface area (Å²) in [5, 5.41) is 2.27. The van der Waals surface area contributed by atoms with Crippen LogP contribution in [0.4, 0.5) is 16.2 Å². The lowest BCUT2D eigenvalue weighted by atomic mass is 10.1. The number of para-hydroxylation sites is 1. The van der Waals surface area contributed by atoms with Crippen molar-refractivity contribution in [1.82, 2.24) is 4.90 Å². The second kappa shape index (κ2) is 8.75. The summed E-state index contributed by atoms with van der Waals surface area (Å²) in [7, 11) is 0. The number of rotatable bonds is 5. The fourth-order valence-electron chi connectivity index (χ4n) is 3.64. The molecule has 0 unspecified atom stereocenters. The normalized spacial score (nSPS) is 17.8. The van der Waals surface area contributed by atoms with Gasteiger partial charge in [0.05, 0.1) is 4.91 Å². The van der Waals surface area contributed by atoms with Crippen LogP contribution in [0, 0.1) is 6.92 Å². The van der Waals surface area contributed by atoms with E-state index in [1.54, 1.807) is 30.3 Å². The third kappa shape index (κ3) is 4.41. The third-order valence-corrected chi connectivity index (χ3v) is 6.15. The van der Waals surface area contributed by atoms with Gasteiger partial charge in [0.2, 0.25) is 5.91 Å². The highest BCUT2D eigenvalue weighted by atomic mass is 32.2. The van der Waals surface area contributed by atoms with Crippen molar-refractivity contribution in [2.24, 2.45) is 0 Å². The van der Waals surface area contributed by atoms with Gasteiger partial charge in [-0.15, -0.1) is 0 Å². The van der Waals surface area contributed by atoms with E-state index < -0.39 is 17.1 Å². The van der Waals surface area contributed by atoms with Crippen LogP contribution in [0.1, 0.15) is 24.0 Å². The van der Waals surface area contributed by atoms with Gasteiger partial charge in [-0.25, -0.2) is 0 Å².